The number of hydrogen-bond donors (Lipinski definition) is 1. The number of piperidine rings is 1. The number of unbranched alkanes of at least 4 members (excludes halogenated alkanes) is 1. The molecule has 0 bridgehead atoms. The van der Waals surface area contributed by atoms with Gasteiger partial charge in [0.15, 0.2) is 11.5 Å². The molecule has 5 heteroatoms. The van der Waals surface area contributed by atoms with Gasteiger partial charge < -0.3 is 14.6 Å². The van der Waals surface area contributed by atoms with Crippen LogP contribution < -0.4 is 9.47 Å². The van der Waals surface area contributed by atoms with Crippen LogP contribution in [-0.2, 0) is 4.79 Å². The first-order valence-corrected chi connectivity index (χ1v) is 8.79. The van der Waals surface area contributed by atoms with Crippen LogP contribution in [0.2, 0.25) is 0 Å². The van der Waals surface area contributed by atoms with Gasteiger partial charge in [-0.15, -0.1) is 0 Å². The number of carbonyl (C=O) groups is 1. The van der Waals surface area contributed by atoms with Crippen molar-refractivity contribution in [2.45, 2.75) is 45.1 Å². The predicted molar refractivity (Wildman–Crippen MR) is 93.7 cm³/mol. The summed E-state index contributed by atoms with van der Waals surface area (Å²) in [6.45, 7) is 3.86. The van der Waals surface area contributed by atoms with E-state index in [0.29, 0.717) is 6.04 Å². The molecule has 1 heterocycles. The first-order chi connectivity index (χ1) is 11.6. The number of carboxylic acids is 1. The second-order valence-corrected chi connectivity index (χ2v) is 6.42. The van der Waals surface area contributed by atoms with Gasteiger partial charge in [-0.05, 0) is 50.0 Å². The van der Waals surface area contributed by atoms with Gasteiger partial charge >= 0.3 is 5.97 Å². The van der Waals surface area contributed by atoms with E-state index in [1.165, 1.54) is 5.56 Å². The summed E-state index contributed by atoms with van der Waals surface area (Å²) in [4.78, 5) is 13.6. The van der Waals surface area contributed by atoms with Gasteiger partial charge in [-0.2, -0.15) is 0 Å². The van der Waals surface area contributed by atoms with E-state index in [9.17, 15) is 9.90 Å². The molecule has 0 amide bonds. The molecule has 1 aliphatic heterocycles. The summed E-state index contributed by atoms with van der Waals surface area (Å²) in [7, 11) is 3.30. The Balaban J connectivity index is 2.18. The zero-order valence-corrected chi connectivity index (χ0v) is 15.0. The number of benzene rings is 1. The Labute approximate surface area is 144 Å². The molecule has 1 aromatic carbocycles. The monoisotopic (exact) mass is 335 g/mol. The summed E-state index contributed by atoms with van der Waals surface area (Å²) < 4.78 is 10.8. The molecule has 2 rings (SSSR count). The van der Waals surface area contributed by atoms with Gasteiger partial charge in [0.2, 0.25) is 0 Å². The Kier molecular flexibility index (Phi) is 6.91. The minimum absolute atomic E-state index is 0.196. The Morgan fingerprint density at radius 2 is 1.92 bits per heavy atom. The number of likely N-dealkylation sites (tertiary alicyclic amines) is 1. The van der Waals surface area contributed by atoms with Gasteiger partial charge in [-0.1, -0.05) is 25.8 Å². The molecule has 24 heavy (non-hydrogen) atoms. The Bertz CT molecular complexity index is 538. The third-order valence-corrected chi connectivity index (χ3v) is 4.94. The molecule has 0 aromatic heterocycles. The summed E-state index contributed by atoms with van der Waals surface area (Å²) in [6, 6.07) is 6.42. The Hall–Kier alpha value is -1.75. The van der Waals surface area contributed by atoms with Crippen LogP contribution in [0.15, 0.2) is 18.2 Å². The molecule has 1 unspecified atom stereocenters. The molecule has 1 saturated heterocycles. The third kappa shape index (κ3) is 4.41. The van der Waals surface area contributed by atoms with E-state index in [1.807, 2.05) is 6.07 Å². The number of hydrogen-bond acceptors (Lipinski definition) is 4. The first-order valence-electron chi connectivity index (χ1n) is 8.79. The lowest BCUT2D eigenvalue weighted by molar-refractivity contribution is -0.143. The second-order valence-electron chi connectivity index (χ2n) is 6.42. The van der Waals surface area contributed by atoms with Crippen LogP contribution >= 0.6 is 0 Å². The Morgan fingerprint density at radius 3 is 2.46 bits per heavy atom. The van der Waals surface area contributed by atoms with Crippen molar-refractivity contribution < 1.29 is 19.4 Å². The molecule has 1 atom stereocenters. The maximum Gasteiger partial charge on any atom is 0.306 e. The number of aliphatic carboxylic acids is 1. The van der Waals surface area contributed by atoms with E-state index in [-0.39, 0.29) is 5.92 Å². The van der Waals surface area contributed by atoms with Crippen LogP contribution in [0, 0.1) is 5.92 Å². The van der Waals surface area contributed by atoms with E-state index < -0.39 is 5.97 Å². The lowest BCUT2D eigenvalue weighted by atomic mass is 9.92. The number of ether oxygens (including phenoxy) is 2. The van der Waals surface area contributed by atoms with Crippen molar-refractivity contribution in [1.29, 1.82) is 0 Å². The second kappa shape index (κ2) is 8.92. The van der Waals surface area contributed by atoms with Crippen molar-refractivity contribution in [3.8, 4) is 11.5 Å². The van der Waals surface area contributed by atoms with Crippen molar-refractivity contribution >= 4 is 5.97 Å². The van der Waals surface area contributed by atoms with Crippen molar-refractivity contribution in [2.75, 3.05) is 27.3 Å². The van der Waals surface area contributed by atoms with E-state index in [4.69, 9.17) is 9.47 Å². The van der Waals surface area contributed by atoms with Gasteiger partial charge in [0.05, 0.1) is 20.1 Å². The van der Waals surface area contributed by atoms with Crippen molar-refractivity contribution in [2.24, 2.45) is 5.92 Å². The van der Waals surface area contributed by atoms with Crippen LogP contribution in [0.3, 0.4) is 0 Å². The van der Waals surface area contributed by atoms with Crippen molar-refractivity contribution in [1.82, 2.24) is 4.90 Å². The number of carboxylic acid groups (broad SMARTS) is 1. The highest BCUT2D eigenvalue weighted by atomic mass is 16.5. The first kappa shape index (κ1) is 18.6. The summed E-state index contributed by atoms with van der Waals surface area (Å²) in [6.07, 6.45) is 4.83. The zero-order chi connectivity index (χ0) is 17.5. The normalized spacial score (nSPS) is 17.5. The summed E-state index contributed by atoms with van der Waals surface area (Å²) in [5.74, 6) is 0.626. The van der Waals surface area contributed by atoms with Crippen molar-refractivity contribution in [3.63, 3.8) is 0 Å². The van der Waals surface area contributed by atoms with Gasteiger partial charge in [0.25, 0.3) is 0 Å². The molecule has 0 spiro atoms. The fourth-order valence-electron chi connectivity index (χ4n) is 3.48. The topological polar surface area (TPSA) is 59.0 Å². The average Bonchev–Trinajstić information content (AvgIpc) is 2.62. The maximum atomic E-state index is 11.2. The van der Waals surface area contributed by atoms with Gasteiger partial charge in [0, 0.05) is 6.04 Å². The van der Waals surface area contributed by atoms with Crippen LogP contribution in [0.1, 0.15) is 50.6 Å². The third-order valence-electron chi connectivity index (χ3n) is 4.94. The highest BCUT2D eigenvalue weighted by Gasteiger charge is 2.29. The molecule has 0 saturated carbocycles. The summed E-state index contributed by atoms with van der Waals surface area (Å²) in [5, 5.41) is 9.20. The van der Waals surface area contributed by atoms with Crippen molar-refractivity contribution in [3.05, 3.63) is 23.8 Å². The fraction of sp³-hybridized carbons (Fsp3) is 0.632. The standard InChI is InChI=1S/C19H29NO4/c1-4-5-6-16(20-11-9-14(10-12-20)19(21)22)15-7-8-17(23-2)18(13-15)24-3/h7-8,13-14,16H,4-6,9-12H2,1-3H3,(H,21,22). The van der Waals surface area contributed by atoms with Crippen LogP contribution in [0.4, 0.5) is 0 Å². The molecule has 1 aromatic rings. The molecule has 134 valence electrons. The Morgan fingerprint density at radius 1 is 1.25 bits per heavy atom. The van der Waals surface area contributed by atoms with Crippen LogP contribution in [0.25, 0.3) is 0 Å². The maximum absolute atomic E-state index is 11.2. The van der Waals surface area contributed by atoms with E-state index >= 15 is 0 Å². The summed E-state index contributed by atoms with van der Waals surface area (Å²) in [5.41, 5.74) is 1.22. The van der Waals surface area contributed by atoms with E-state index in [1.54, 1.807) is 14.2 Å². The lowest BCUT2D eigenvalue weighted by Gasteiger charge is -2.37. The number of rotatable bonds is 8. The van der Waals surface area contributed by atoms with E-state index in [2.05, 4.69) is 24.0 Å². The molecular formula is C19H29NO4. The van der Waals surface area contributed by atoms with Gasteiger partial charge in [0.1, 0.15) is 0 Å². The molecular weight excluding hydrogens is 306 g/mol. The minimum atomic E-state index is -0.661. The molecule has 5 nitrogen and oxygen atoms in total. The lowest BCUT2D eigenvalue weighted by Crippen LogP contribution is -2.38. The predicted octanol–water partition coefficient (Wildman–Crippen LogP) is 3.73. The molecule has 0 radical (unpaired) electrons. The number of nitrogens with zero attached hydrogens (tertiary/aromatic N) is 1. The highest BCUT2D eigenvalue weighted by molar-refractivity contribution is 5.70. The quantitative estimate of drug-likeness (QED) is 0.784. The number of methoxy groups -OCH3 is 2. The fourth-order valence-corrected chi connectivity index (χ4v) is 3.48. The molecule has 1 aliphatic rings. The van der Waals surface area contributed by atoms with Gasteiger partial charge in [-0.3, -0.25) is 9.69 Å². The minimum Gasteiger partial charge on any atom is -0.493 e. The van der Waals surface area contributed by atoms with E-state index in [0.717, 1.165) is 56.7 Å². The smallest absolute Gasteiger partial charge is 0.306 e. The molecule has 0 aliphatic carbocycles. The van der Waals surface area contributed by atoms with Gasteiger partial charge in [-0.25, -0.2) is 0 Å². The van der Waals surface area contributed by atoms with Crippen LogP contribution in [0.5, 0.6) is 11.5 Å². The van der Waals surface area contributed by atoms with Crippen LogP contribution in [-0.4, -0.2) is 43.3 Å². The molecule has 1 fully saturated rings. The largest absolute Gasteiger partial charge is 0.493 e. The molecule has 1 N–H and O–H groups in total. The average molecular weight is 335 g/mol. The SMILES string of the molecule is CCCCC(c1ccc(OC)c(OC)c1)N1CCC(C(=O)O)CC1. The zero-order valence-electron chi connectivity index (χ0n) is 15.0. The highest BCUT2D eigenvalue weighted by Crippen LogP contribution is 2.35. The summed E-state index contributed by atoms with van der Waals surface area (Å²) >= 11 is 0.